The smallest absolute Gasteiger partial charge is 0.00172 e. The molecule has 0 aromatic carbocycles. The second kappa shape index (κ2) is 7.55. The molecule has 0 saturated carbocycles. The van der Waals surface area contributed by atoms with Crippen molar-refractivity contribution in [2.75, 3.05) is 13.6 Å². The molecule has 0 fully saturated rings. The van der Waals surface area contributed by atoms with Crippen molar-refractivity contribution in [2.24, 2.45) is 0 Å². The van der Waals surface area contributed by atoms with Crippen molar-refractivity contribution in [1.82, 2.24) is 5.32 Å². The van der Waals surface area contributed by atoms with Crippen molar-refractivity contribution in [3.63, 3.8) is 0 Å². The zero-order chi connectivity index (χ0) is 8.53. The zero-order valence-electron chi connectivity index (χ0n) is 7.69. The van der Waals surface area contributed by atoms with E-state index in [1.54, 1.807) is 0 Å². The Morgan fingerprint density at radius 3 is 2.73 bits per heavy atom. The van der Waals surface area contributed by atoms with Gasteiger partial charge in [0.15, 0.2) is 0 Å². The summed E-state index contributed by atoms with van der Waals surface area (Å²) >= 11 is 0. The molecule has 0 heterocycles. The summed E-state index contributed by atoms with van der Waals surface area (Å²) in [5.41, 5.74) is 1.47. The molecule has 0 radical (unpaired) electrons. The van der Waals surface area contributed by atoms with Crippen LogP contribution in [0.15, 0.2) is 24.3 Å². The molecule has 0 aromatic heterocycles. The van der Waals surface area contributed by atoms with Gasteiger partial charge in [0, 0.05) is 0 Å². The highest BCUT2D eigenvalue weighted by atomic mass is 14.8. The average molecular weight is 153 g/mol. The lowest BCUT2D eigenvalue weighted by molar-refractivity contribution is 0.800. The largest absolute Gasteiger partial charge is 0.319 e. The fraction of sp³-hybridized carbons (Fsp3) is 0.600. The van der Waals surface area contributed by atoms with Gasteiger partial charge in [-0.2, -0.15) is 0 Å². The third-order valence-electron chi connectivity index (χ3n) is 1.63. The lowest BCUT2D eigenvalue weighted by Gasteiger charge is -1.97. The molecule has 0 aliphatic heterocycles. The van der Waals surface area contributed by atoms with Gasteiger partial charge in [-0.05, 0) is 39.8 Å². The molecular weight excluding hydrogens is 134 g/mol. The van der Waals surface area contributed by atoms with Gasteiger partial charge in [0.1, 0.15) is 0 Å². The average Bonchev–Trinajstić information content (AvgIpc) is 2.01. The first-order valence-corrected chi connectivity index (χ1v) is 4.22. The van der Waals surface area contributed by atoms with Gasteiger partial charge < -0.3 is 5.32 Å². The molecule has 0 aromatic rings. The highest BCUT2D eigenvalue weighted by Gasteiger charge is 1.86. The molecule has 11 heavy (non-hydrogen) atoms. The normalized spacial score (nSPS) is 11.6. The summed E-state index contributed by atoms with van der Waals surface area (Å²) < 4.78 is 0. The number of rotatable bonds is 6. The van der Waals surface area contributed by atoms with Gasteiger partial charge in [-0.15, -0.1) is 6.58 Å². The summed E-state index contributed by atoms with van der Waals surface area (Å²) in [6, 6.07) is 0. The van der Waals surface area contributed by atoms with Gasteiger partial charge >= 0.3 is 0 Å². The lowest BCUT2D eigenvalue weighted by atomic mass is 10.1. The molecule has 64 valence electrons. The highest BCUT2D eigenvalue weighted by molar-refractivity contribution is 4.99. The maximum absolute atomic E-state index is 3.69. The van der Waals surface area contributed by atoms with Crippen molar-refractivity contribution in [2.45, 2.75) is 26.2 Å². The van der Waals surface area contributed by atoms with Gasteiger partial charge in [-0.3, -0.25) is 0 Å². The van der Waals surface area contributed by atoms with Crippen LogP contribution in [-0.2, 0) is 0 Å². The monoisotopic (exact) mass is 153 g/mol. The quantitative estimate of drug-likeness (QED) is 0.456. The van der Waals surface area contributed by atoms with E-state index in [0.29, 0.717) is 0 Å². The Labute approximate surface area is 70.2 Å². The van der Waals surface area contributed by atoms with Crippen molar-refractivity contribution in [1.29, 1.82) is 0 Å². The van der Waals surface area contributed by atoms with E-state index in [0.717, 1.165) is 25.8 Å². The van der Waals surface area contributed by atoms with Crippen LogP contribution < -0.4 is 5.32 Å². The van der Waals surface area contributed by atoms with Gasteiger partial charge in [0.2, 0.25) is 0 Å². The molecule has 1 N–H and O–H groups in total. The van der Waals surface area contributed by atoms with E-state index in [1.807, 2.05) is 13.1 Å². The van der Waals surface area contributed by atoms with E-state index < -0.39 is 0 Å². The Bertz CT molecular complexity index is 125. The minimum atomic E-state index is 1.07. The molecule has 0 aliphatic carbocycles. The minimum Gasteiger partial charge on any atom is -0.319 e. The predicted octanol–water partition coefficient (Wildman–Crippen LogP) is 2.51. The highest BCUT2D eigenvalue weighted by Crippen LogP contribution is 2.04. The number of hydrogen-bond donors (Lipinski definition) is 1. The Kier molecular flexibility index (Phi) is 7.16. The summed E-state index contributed by atoms with van der Waals surface area (Å²) in [6.07, 6.45) is 7.66. The van der Waals surface area contributed by atoms with Crippen LogP contribution in [0, 0.1) is 0 Å². The fourth-order valence-electron chi connectivity index (χ4n) is 0.895. The maximum Gasteiger partial charge on any atom is -0.00172 e. The van der Waals surface area contributed by atoms with E-state index in [-0.39, 0.29) is 0 Å². The standard InChI is InChI=1S/C10H19N/c1-4-5-7-10(2)8-6-9-11-3/h4,8,11H,1,5-7,9H2,2-3H3. The Hall–Kier alpha value is -0.560. The first kappa shape index (κ1) is 10.4. The van der Waals surface area contributed by atoms with Gasteiger partial charge in [0.05, 0.1) is 0 Å². The van der Waals surface area contributed by atoms with Crippen LogP contribution in [0.1, 0.15) is 26.2 Å². The minimum absolute atomic E-state index is 1.07. The molecule has 0 spiro atoms. The molecule has 1 heteroatoms. The number of nitrogens with one attached hydrogen (secondary N) is 1. The Morgan fingerprint density at radius 2 is 2.18 bits per heavy atom. The molecule has 1 nitrogen and oxygen atoms in total. The Morgan fingerprint density at radius 1 is 1.45 bits per heavy atom. The van der Waals surface area contributed by atoms with Gasteiger partial charge in [-0.25, -0.2) is 0 Å². The molecule has 0 amide bonds. The fourth-order valence-corrected chi connectivity index (χ4v) is 0.895. The SMILES string of the molecule is C=CCCC(C)=CCCNC. The van der Waals surface area contributed by atoms with E-state index >= 15 is 0 Å². The van der Waals surface area contributed by atoms with E-state index in [4.69, 9.17) is 0 Å². The van der Waals surface area contributed by atoms with E-state index in [9.17, 15) is 0 Å². The van der Waals surface area contributed by atoms with Crippen molar-refractivity contribution in [3.05, 3.63) is 24.3 Å². The summed E-state index contributed by atoms with van der Waals surface area (Å²) in [5.74, 6) is 0. The topological polar surface area (TPSA) is 12.0 Å². The molecule has 0 aliphatic rings. The van der Waals surface area contributed by atoms with Crippen LogP contribution in [0.5, 0.6) is 0 Å². The van der Waals surface area contributed by atoms with Crippen LogP contribution in [0.3, 0.4) is 0 Å². The second-order valence-corrected chi connectivity index (χ2v) is 2.77. The van der Waals surface area contributed by atoms with Crippen molar-refractivity contribution in [3.8, 4) is 0 Å². The van der Waals surface area contributed by atoms with Crippen LogP contribution in [0.4, 0.5) is 0 Å². The van der Waals surface area contributed by atoms with Gasteiger partial charge in [-0.1, -0.05) is 17.7 Å². The first-order chi connectivity index (χ1) is 5.31. The van der Waals surface area contributed by atoms with Crippen LogP contribution in [-0.4, -0.2) is 13.6 Å². The van der Waals surface area contributed by atoms with Crippen LogP contribution >= 0.6 is 0 Å². The molecule has 0 saturated heterocycles. The predicted molar refractivity (Wildman–Crippen MR) is 51.7 cm³/mol. The summed E-state index contributed by atoms with van der Waals surface area (Å²) in [7, 11) is 1.98. The zero-order valence-corrected chi connectivity index (χ0v) is 7.69. The number of allylic oxidation sites excluding steroid dienone is 2. The third-order valence-corrected chi connectivity index (χ3v) is 1.63. The molecule has 0 atom stereocenters. The lowest BCUT2D eigenvalue weighted by Crippen LogP contribution is -2.05. The third kappa shape index (κ3) is 7.34. The van der Waals surface area contributed by atoms with Crippen LogP contribution in [0.2, 0.25) is 0 Å². The van der Waals surface area contributed by atoms with Crippen molar-refractivity contribution >= 4 is 0 Å². The molecule has 0 bridgehead atoms. The molecule has 0 unspecified atom stereocenters. The van der Waals surface area contributed by atoms with Gasteiger partial charge in [0.25, 0.3) is 0 Å². The summed E-state index contributed by atoms with van der Waals surface area (Å²) in [6.45, 7) is 6.94. The maximum atomic E-state index is 3.69. The second-order valence-electron chi connectivity index (χ2n) is 2.77. The summed E-state index contributed by atoms with van der Waals surface area (Å²) in [4.78, 5) is 0. The number of hydrogen-bond acceptors (Lipinski definition) is 1. The van der Waals surface area contributed by atoms with E-state index in [1.165, 1.54) is 5.57 Å². The molecule has 0 rings (SSSR count). The first-order valence-electron chi connectivity index (χ1n) is 4.22. The Balaban J connectivity index is 3.37. The summed E-state index contributed by atoms with van der Waals surface area (Å²) in [5, 5.41) is 3.11. The van der Waals surface area contributed by atoms with Crippen LogP contribution in [0.25, 0.3) is 0 Å². The van der Waals surface area contributed by atoms with Crippen molar-refractivity contribution < 1.29 is 0 Å². The molecular formula is C10H19N. The van der Waals surface area contributed by atoms with E-state index in [2.05, 4.69) is 24.9 Å².